The van der Waals surface area contributed by atoms with Gasteiger partial charge < -0.3 is 19.1 Å². The lowest BCUT2D eigenvalue weighted by Crippen LogP contribution is -2.48. The Kier molecular flexibility index (Phi) is 5.56. The van der Waals surface area contributed by atoms with E-state index in [-0.39, 0.29) is 5.91 Å². The average Bonchev–Trinajstić information content (AvgIpc) is 2.91. The Morgan fingerprint density at radius 3 is 2.66 bits per heavy atom. The molecule has 1 amide bonds. The maximum atomic E-state index is 13.3. The fraction of sp³-hybridized carbons (Fsp3) is 0.435. The molecule has 0 bridgehead atoms. The Morgan fingerprint density at radius 1 is 1.17 bits per heavy atom. The first-order valence-electron chi connectivity index (χ1n) is 10.1. The number of ether oxygens (including phenoxy) is 3. The van der Waals surface area contributed by atoms with Crippen LogP contribution < -0.4 is 9.64 Å². The molecule has 2 heterocycles. The zero-order valence-electron chi connectivity index (χ0n) is 17.0. The van der Waals surface area contributed by atoms with Gasteiger partial charge in [0.25, 0.3) is 11.7 Å². The average molecular weight is 416 g/mol. The van der Waals surface area contributed by atoms with Gasteiger partial charge >= 0.3 is 0 Å². The van der Waals surface area contributed by atoms with Gasteiger partial charge in [-0.25, -0.2) is 0 Å². The quantitative estimate of drug-likeness (QED) is 0.704. The summed E-state index contributed by atoms with van der Waals surface area (Å²) in [5.41, 5.74) is 3.74. The van der Waals surface area contributed by atoms with Crippen molar-refractivity contribution in [2.45, 2.75) is 38.9 Å². The number of hydrogen-bond donors (Lipinski definition) is 0. The number of carbonyl (C=O) groups excluding carboxylic acids is 1. The Hall–Kier alpha value is -2.08. The zero-order valence-corrected chi connectivity index (χ0v) is 17.8. The van der Waals surface area contributed by atoms with Gasteiger partial charge in [0.2, 0.25) is 0 Å². The molecule has 1 fully saturated rings. The maximum absolute atomic E-state index is 13.3. The molecule has 0 unspecified atom stereocenters. The molecule has 2 aromatic rings. The van der Waals surface area contributed by atoms with E-state index in [1.807, 2.05) is 19.1 Å². The molecule has 5 nitrogen and oxygen atoms in total. The highest BCUT2D eigenvalue weighted by Gasteiger charge is 2.54. The van der Waals surface area contributed by atoms with Gasteiger partial charge in [-0.2, -0.15) is 0 Å². The summed E-state index contributed by atoms with van der Waals surface area (Å²) in [6.07, 6.45) is 0.763. The van der Waals surface area contributed by atoms with Crippen molar-refractivity contribution in [3.63, 3.8) is 0 Å². The first-order valence-corrected chi connectivity index (χ1v) is 10.4. The fourth-order valence-electron chi connectivity index (χ4n) is 3.93. The smallest absolute Gasteiger partial charge is 0.292 e. The van der Waals surface area contributed by atoms with E-state index in [9.17, 15) is 4.79 Å². The number of rotatable bonds is 5. The molecule has 29 heavy (non-hydrogen) atoms. The summed E-state index contributed by atoms with van der Waals surface area (Å²) in [6.45, 7) is 8.04. The number of amides is 1. The first-order chi connectivity index (χ1) is 13.9. The van der Waals surface area contributed by atoms with Crippen LogP contribution in [0.2, 0.25) is 5.02 Å². The highest BCUT2D eigenvalue weighted by Crippen LogP contribution is 2.46. The molecule has 1 saturated heterocycles. The van der Waals surface area contributed by atoms with Gasteiger partial charge in [0, 0.05) is 10.6 Å². The Labute approximate surface area is 176 Å². The molecule has 154 valence electrons. The Morgan fingerprint density at radius 2 is 1.93 bits per heavy atom. The van der Waals surface area contributed by atoms with Gasteiger partial charge in [-0.3, -0.25) is 4.79 Å². The van der Waals surface area contributed by atoms with Crippen LogP contribution in [0.25, 0.3) is 0 Å². The van der Waals surface area contributed by atoms with Crippen LogP contribution in [0.15, 0.2) is 36.4 Å². The minimum atomic E-state index is -1.38. The summed E-state index contributed by atoms with van der Waals surface area (Å²) in [5, 5.41) is 0.549. The second-order valence-corrected chi connectivity index (χ2v) is 8.27. The Balaban J connectivity index is 1.56. The van der Waals surface area contributed by atoms with E-state index >= 15 is 0 Å². The third-order valence-electron chi connectivity index (χ3n) is 5.39. The van der Waals surface area contributed by atoms with Crippen molar-refractivity contribution in [2.75, 3.05) is 31.3 Å². The van der Waals surface area contributed by atoms with Crippen LogP contribution in [0.3, 0.4) is 0 Å². The fourth-order valence-corrected chi connectivity index (χ4v) is 4.11. The van der Waals surface area contributed by atoms with Crippen LogP contribution in [0.5, 0.6) is 5.75 Å². The van der Waals surface area contributed by atoms with Crippen molar-refractivity contribution in [1.29, 1.82) is 0 Å². The lowest BCUT2D eigenvalue weighted by molar-refractivity contribution is -0.256. The molecule has 0 aromatic heterocycles. The molecular formula is C23H26ClNO4. The minimum absolute atomic E-state index is 0.216. The predicted molar refractivity (Wildman–Crippen MR) is 113 cm³/mol. The van der Waals surface area contributed by atoms with Gasteiger partial charge in [0.05, 0.1) is 25.4 Å². The number of aryl methyl sites for hydroxylation is 1. The summed E-state index contributed by atoms with van der Waals surface area (Å²) in [5.74, 6) is -0.381. The summed E-state index contributed by atoms with van der Waals surface area (Å²) >= 11 is 6.20. The molecule has 2 aliphatic heterocycles. The SMILES string of the molecule is Cc1ccc(C(C)C)c(OCCN2C(=O)C3(OCCCO3)c3cc(Cl)ccc32)c1. The normalized spacial score (nSPS) is 17.8. The lowest BCUT2D eigenvalue weighted by atomic mass is 10.0. The Bertz CT molecular complexity index is 921. The molecule has 0 atom stereocenters. The molecule has 1 spiro atoms. The van der Waals surface area contributed by atoms with E-state index < -0.39 is 5.79 Å². The van der Waals surface area contributed by atoms with Crippen LogP contribution in [-0.2, 0) is 20.1 Å². The monoisotopic (exact) mass is 415 g/mol. The van der Waals surface area contributed by atoms with E-state index in [2.05, 4.69) is 26.0 Å². The number of hydrogen-bond acceptors (Lipinski definition) is 4. The van der Waals surface area contributed by atoms with Crippen molar-refractivity contribution in [3.8, 4) is 5.75 Å². The summed E-state index contributed by atoms with van der Waals surface area (Å²) in [4.78, 5) is 15.0. The van der Waals surface area contributed by atoms with Crippen molar-refractivity contribution in [2.24, 2.45) is 0 Å². The highest BCUT2D eigenvalue weighted by atomic mass is 35.5. The number of fused-ring (bicyclic) bond motifs is 2. The molecular weight excluding hydrogens is 390 g/mol. The largest absolute Gasteiger partial charge is 0.491 e. The number of benzene rings is 2. The van der Waals surface area contributed by atoms with Crippen molar-refractivity contribution in [3.05, 3.63) is 58.1 Å². The van der Waals surface area contributed by atoms with Gasteiger partial charge in [0.15, 0.2) is 0 Å². The molecule has 2 aromatic carbocycles. The second-order valence-electron chi connectivity index (χ2n) is 7.83. The molecule has 4 rings (SSSR count). The van der Waals surface area contributed by atoms with Gasteiger partial charge in [-0.05, 0) is 54.7 Å². The lowest BCUT2D eigenvalue weighted by Gasteiger charge is -2.32. The topological polar surface area (TPSA) is 48.0 Å². The van der Waals surface area contributed by atoms with E-state index in [4.69, 9.17) is 25.8 Å². The molecule has 0 saturated carbocycles. The maximum Gasteiger partial charge on any atom is 0.292 e. The molecule has 0 radical (unpaired) electrons. The molecule has 6 heteroatoms. The van der Waals surface area contributed by atoms with Crippen LogP contribution in [0.4, 0.5) is 5.69 Å². The number of anilines is 1. The summed E-state index contributed by atoms with van der Waals surface area (Å²) < 4.78 is 17.8. The van der Waals surface area contributed by atoms with Gasteiger partial charge in [-0.1, -0.05) is 37.6 Å². The van der Waals surface area contributed by atoms with Crippen LogP contribution in [-0.4, -0.2) is 32.3 Å². The number of carbonyl (C=O) groups is 1. The van der Waals surface area contributed by atoms with E-state index in [0.717, 1.165) is 29.0 Å². The van der Waals surface area contributed by atoms with Crippen LogP contribution in [0.1, 0.15) is 42.9 Å². The summed E-state index contributed by atoms with van der Waals surface area (Å²) in [7, 11) is 0. The van der Waals surface area contributed by atoms with Crippen LogP contribution >= 0.6 is 11.6 Å². The van der Waals surface area contributed by atoms with Crippen molar-refractivity contribution >= 4 is 23.2 Å². The van der Waals surface area contributed by atoms with Crippen molar-refractivity contribution < 1.29 is 19.0 Å². The molecule has 0 aliphatic carbocycles. The third-order valence-corrected chi connectivity index (χ3v) is 5.63. The zero-order chi connectivity index (χ0) is 20.6. The minimum Gasteiger partial charge on any atom is -0.491 e. The van der Waals surface area contributed by atoms with Gasteiger partial charge in [-0.15, -0.1) is 0 Å². The van der Waals surface area contributed by atoms with E-state index in [1.54, 1.807) is 17.0 Å². The number of nitrogens with zero attached hydrogens (tertiary/aromatic N) is 1. The second kappa shape index (κ2) is 7.98. The first kappa shape index (κ1) is 20.2. The van der Waals surface area contributed by atoms with E-state index in [0.29, 0.717) is 42.9 Å². The number of halogens is 1. The molecule has 2 aliphatic rings. The van der Waals surface area contributed by atoms with Crippen LogP contribution in [0, 0.1) is 6.92 Å². The van der Waals surface area contributed by atoms with Gasteiger partial charge in [0.1, 0.15) is 12.4 Å². The predicted octanol–water partition coefficient (Wildman–Crippen LogP) is 4.79. The molecule has 0 N–H and O–H groups in total. The highest BCUT2D eigenvalue weighted by molar-refractivity contribution is 6.31. The standard InChI is InChI=1S/C23H26ClNO4/c1-15(2)18-7-5-16(3)13-21(18)27-12-9-25-20-8-6-17(24)14-19(20)23(22(25)26)28-10-4-11-29-23/h5-8,13-15H,4,9-12H2,1-3H3. The van der Waals surface area contributed by atoms with Crippen molar-refractivity contribution in [1.82, 2.24) is 0 Å². The summed E-state index contributed by atoms with van der Waals surface area (Å²) in [6, 6.07) is 11.6. The third kappa shape index (κ3) is 3.63. The van der Waals surface area contributed by atoms with E-state index in [1.165, 1.54) is 0 Å².